The lowest BCUT2D eigenvalue weighted by Gasteiger charge is -2.09. The third-order valence-electron chi connectivity index (χ3n) is 11.8. The number of nitrogen functional groups attached to an aromatic ring is 1. The molecule has 0 saturated heterocycles. The Bertz CT molecular complexity index is 4370. The van der Waals surface area contributed by atoms with Gasteiger partial charge in [-0.05, 0) is 79.7 Å². The Morgan fingerprint density at radius 3 is 1.41 bits per heavy atom. The molecule has 2 aromatic carbocycles. The Hall–Kier alpha value is -3.57. The standard InChI is InChI=1S/C25H27N5O2S.C17H15ClN4O2.C7H12N2S.CH4.S13/c1-11(2)25-26-12(3)21(33-25)10-19-23-16-9-20(31-7)17(22-13(4)30-32-14(22)5)8-18(16)29-24(23)28-15(6)27-19;1-7-14(8(2)24-22-7)11-5-12-10(6-13(11)23-4)15-16(18)19-9(3)20-17(15)21-12;1-4(2)7-9-5(3)6(8)10-7;;1-3-5-7-9-11-13-12-10-8-6-4-2/h8-9,11H,10H2,1-7H3,(H,27,28,29);5-6H,1-4H3,(H,19,20,21);4H,8H2,1-3H3;1H4;. The summed E-state index contributed by atoms with van der Waals surface area (Å²) >= 11 is 19.1. The van der Waals surface area contributed by atoms with E-state index >= 15 is 0 Å². The predicted octanol–water partition coefficient (Wildman–Crippen LogP) is 13.3. The van der Waals surface area contributed by atoms with Crippen LogP contribution >= 0.6 is 34.3 Å². The van der Waals surface area contributed by atoms with Crippen LogP contribution in [0.4, 0.5) is 5.00 Å². The van der Waals surface area contributed by atoms with Gasteiger partial charge in [-0.3, -0.25) is 0 Å². The minimum atomic E-state index is 0. The fourth-order valence-corrected chi connectivity index (χ4v) is 35.2. The Balaban J connectivity index is 0.000000192. The Labute approximate surface area is 524 Å². The lowest BCUT2D eigenvalue weighted by molar-refractivity contribution is 0.393. The van der Waals surface area contributed by atoms with E-state index in [1.807, 2.05) is 60.6 Å². The summed E-state index contributed by atoms with van der Waals surface area (Å²) in [6, 6.07) is 8.11. The summed E-state index contributed by atoms with van der Waals surface area (Å²) in [5.74, 6) is 5.27. The zero-order chi connectivity index (χ0) is 57.9. The van der Waals surface area contributed by atoms with Crippen molar-refractivity contribution in [1.29, 1.82) is 0 Å². The molecule has 0 unspecified atom stereocenters. The van der Waals surface area contributed by atoms with Crippen molar-refractivity contribution in [2.45, 2.75) is 109 Å². The van der Waals surface area contributed by atoms with Crippen molar-refractivity contribution in [3.8, 4) is 33.8 Å². The van der Waals surface area contributed by atoms with E-state index in [-0.39, 0.29) is 7.43 Å². The molecule has 31 heteroatoms. The number of aromatic amines is 2. The van der Waals surface area contributed by atoms with Crippen molar-refractivity contribution in [2.24, 2.45) is 0 Å². The molecular weight excluding hydrogens is 1340 g/mol. The van der Waals surface area contributed by atoms with Crippen LogP contribution in [0.15, 0.2) is 33.3 Å². The van der Waals surface area contributed by atoms with Gasteiger partial charge in [-0.2, -0.15) is 0 Å². The summed E-state index contributed by atoms with van der Waals surface area (Å²) in [5.41, 5.74) is 17.5. The van der Waals surface area contributed by atoms with E-state index in [1.54, 1.807) is 117 Å². The molecule has 0 spiro atoms. The second-order valence-electron chi connectivity index (χ2n) is 17.9. The monoisotopic (exact) mass is 1390 g/mol. The first-order chi connectivity index (χ1) is 38.3. The number of anilines is 1. The SMILES string of the molecule is C.COc1cc2c(cc1-c1c(C)noc1C)[nH]c1nc(C)nc(Cc3sc(C(C)C)nc3C)c12.COc1cc2c(cc1-c1c(C)noc1C)[nH]c1nc(C)nc(Cl)c12.Cc1nc(C(C)C)sc1N.S=S=S=S=S=S=S=S=S=S=S=S=S. The van der Waals surface area contributed by atoms with E-state index in [1.165, 1.54) is 22.6 Å². The first-order valence-corrected chi connectivity index (χ1v) is 41.8. The number of halogens is 1. The number of aryl methyl sites for hydroxylation is 8. The van der Waals surface area contributed by atoms with Gasteiger partial charge in [-0.1, -0.05) is 57.0 Å². The summed E-state index contributed by atoms with van der Waals surface area (Å²) in [6.45, 7) is 24.0. The molecule has 10 rings (SSSR count). The second kappa shape index (κ2) is 31.0. The van der Waals surface area contributed by atoms with E-state index < -0.39 is 0 Å². The number of fused-ring (bicyclic) bond motifs is 6. The number of hydrogen-bond donors (Lipinski definition) is 3. The summed E-state index contributed by atoms with van der Waals surface area (Å²) in [6.07, 6.45) is 0.719. The molecule has 15 nitrogen and oxygen atoms in total. The lowest BCUT2D eigenvalue weighted by atomic mass is 10.00. The Kier molecular flexibility index (Phi) is 25.5. The van der Waals surface area contributed by atoms with E-state index in [0.717, 1.165) is 139 Å². The third-order valence-corrected chi connectivity index (χ3v) is 37.0. The topological polar surface area (TPSA) is 205 Å². The number of rotatable bonds is 8. The number of methoxy groups -OCH3 is 2. The molecule has 0 amide bonds. The molecule has 0 fully saturated rings. The van der Waals surface area contributed by atoms with Gasteiger partial charge in [0.25, 0.3) is 0 Å². The summed E-state index contributed by atoms with van der Waals surface area (Å²) in [5, 5.41) is 15.5. The lowest BCUT2D eigenvalue weighted by Crippen LogP contribution is -1.98. The molecule has 0 aliphatic carbocycles. The number of H-pyrrole nitrogens is 2. The highest BCUT2D eigenvalue weighted by Gasteiger charge is 2.23. The number of hydrogen-bond acceptors (Lipinski definition) is 17. The van der Waals surface area contributed by atoms with E-state index in [4.69, 9.17) is 73.2 Å². The molecule has 0 saturated carbocycles. The Morgan fingerprint density at radius 2 is 1.01 bits per heavy atom. The number of nitrogens with zero attached hydrogens (tertiary/aromatic N) is 8. The molecule has 81 heavy (non-hydrogen) atoms. The molecule has 10 aromatic rings. The summed E-state index contributed by atoms with van der Waals surface area (Å²) in [4.78, 5) is 35.4. The molecule has 8 aromatic heterocycles. The van der Waals surface area contributed by atoms with Crippen LogP contribution in [0, 0.1) is 55.4 Å². The van der Waals surface area contributed by atoms with Crippen LogP contribution in [0.25, 0.3) is 66.1 Å². The fourth-order valence-electron chi connectivity index (χ4n) is 8.29. The minimum Gasteiger partial charge on any atom is -0.496 e. The van der Waals surface area contributed by atoms with E-state index in [2.05, 4.69) is 82.0 Å². The maximum Gasteiger partial charge on any atom is 0.143 e. The molecule has 0 bridgehead atoms. The molecule has 0 aliphatic heterocycles. The molecule has 8 heterocycles. The highest BCUT2D eigenvalue weighted by molar-refractivity contribution is 8.75. The van der Waals surface area contributed by atoms with Crippen molar-refractivity contribution in [3.05, 3.63) is 95.9 Å². The second-order valence-corrected chi connectivity index (χ2v) is 39.9. The van der Waals surface area contributed by atoms with E-state index in [9.17, 15) is 0 Å². The summed E-state index contributed by atoms with van der Waals surface area (Å²) in [7, 11) is 21.4. The van der Waals surface area contributed by atoms with Gasteiger partial charge in [-0.25, -0.2) is 29.9 Å². The zero-order valence-corrected chi connectivity index (χ0v) is 58.5. The maximum absolute atomic E-state index is 6.33. The number of nitrogens with one attached hydrogen (secondary N) is 2. The van der Waals surface area contributed by atoms with Gasteiger partial charge in [0.05, 0.1) is 69.2 Å². The highest BCUT2D eigenvalue weighted by atomic mass is 35.5. The van der Waals surface area contributed by atoms with Crippen LogP contribution in [0.5, 0.6) is 11.5 Å². The number of ether oxygens (including phenoxy) is 2. The maximum atomic E-state index is 6.33. The molecule has 434 valence electrons. The average Bonchev–Trinajstić information content (AvgIpc) is 2.93. The van der Waals surface area contributed by atoms with Crippen molar-refractivity contribution >= 4 is 203 Å². The van der Waals surface area contributed by atoms with Gasteiger partial charge in [0, 0.05) is 182 Å². The first kappa shape index (κ1) is 66.6. The average molecular weight is 1390 g/mol. The fraction of sp³-hybridized carbons (Fsp3) is 0.360. The highest BCUT2D eigenvalue weighted by Crippen LogP contribution is 2.42. The number of thiazole rings is 2. The van der Waals surface area contributed by atoms with Crippen molar-refractivity contribution in [2.75, 3.05) is 20.0 Å². The van der Waals surface area contributed by atoms with Crippen molar-refractivity contribution < 1.29 is 18.5 Å². The molecule has 0 radical (unpaired) electrons. The first-order valence-electron chi connectivity index (χ1n) is 23.8. The smallest absolute Gasteiger partial charge is 0.143 e. The van der Waals surface area contributed by atoms with Crippen LogP contribution in [0.3, 0.4) is 0 Å². The predicted molar refractivity (Wildman–Crippen MR) is 372 cm³/mol. The van der Waals surface area contributed by atoms with Crippen LogP contribution < -0.4 is 15.2 Å². The van der Waals surface area contributed by atoms with Gasteiger partial charge in [0.2, 0.25) is 0 Å². The summed E-state index contributed by atoms with van der Waals surface area (Å²) < 4.78 is 22.1. The van der Waals surface area contributed by atoms with Crippen LogP contribution in [0.1, 0.15) is 113 Å². The molecule has 4 N–H and O–H groups in total. The van der Waals surface area contributed by atoms with Crippen LogP contribution in [-0.2, 0) is 126 Å². The number of benzene rings is 2. The largest absolute Gasteiger partial charge is 0.496 e. The molecular formula is C50H58ClN11O4S15. The number of aromatic nitrogens is 10. The van der Waals surface area contributed by atoms with Crippen molar-refractivity contribution in [1.82, 2.24) is 50.2 Å². The third kappa shape index (κ3) is 16.5. The van der Waals surface area contributed by atoms with Gasteiger partial charge < -0.3 is 34.2 Å². The van der Waals surface area contributed by atoms with Crippen LogP contribution in [-0.4, -0.2) is 64.4 Å². The minimum absolute atomic E-state index is 0. The van der Waals surface area contributed by atoms with Gasteiger partial charge in [0.1, 0.15) is 56.1 Å². The van der Waals surface area contributed by atoms with Gasteiger partial charge in [-0.15, -0.1) is 22.7 Å². The van der Waals surface area contributed by atoms with E-state index in [0.29, 0.717) is 28.5 Å². The number of nitrogens with two attached hydrogens (primary N) is 1. The molecule has 0 aliphatic rings. The van der Waals surface area contributed by atoms with Gasteiger partial charge >= 0.3 is 0 Å². The molecule has 0 atom stereocenters. The normalized spacial score (nSPS) is 10.7. The zero-order valence-electron chi connectivity index (χ0n) is 45.5. The van der Waals surface area contributed by atoms with Gasteiger partial charge in [0.15, 0.2) is 0 Å². The van der Waals surface area contributed by atoms with Crippen molar-refractivity contribution in [3.63, 3.8) is 0 Å². The Morgan fingerprint density at radius 1 is 0.580 bits per heavy atom. The van der Waals surface area contributed by atoms with Crippen LogP contribution in [0.2, 0.25) is 5.15 Å². The quantitative estimate of drug-likeness (QED) is 0.121.